The first-order chi connectivity index (χ1) is 14.2. The van der Waals surface area contributed by atoms with Gasteiger partial charge in [-0.25, -0.2) is 0 Å². The van der Waals surface area contributed by atoms with Gasteiger partial charge >= 0.3 is 0 Å². The van der Waals surface area contributed by atoms with Crippen molar-refractivity contribution in [2.24, 2.45) is 11.8 Å². The third-order valence-corrected chi connectivity index (χ3v) is 6.20. The Morgan fingerprint density at radius 1 is 1.28 bits per heavy atom. The molecule has 3 N–H and O–H groups in total. The molecule has 3 heterocycles. The molecule has 1 saturated heterocycles. The summed E-state index contributed by atoms with van der Waals surface area (Å²) in [5.41, 5.74) is 4.12. The number of carbonyl (C=O) groups is 2. The Bertz CT molecular complexity index is 959. The number of hydrogen-bond acceptors (Lipinski definition) is 5. The molecular formula is C21H25N5O3. The molecule has 29 heavy (non-hydrogen) atoms. The largest absolute Gasteiger partial charge is 0.385 e. The predicted molar refractivity (Wildman–Crippen MR) is 107 cm³/mol. The second-order valence-corrected chi connectivity index (χ2v) is 8.00. The topological polar surface area (TPSA) is 97.3 Å². The van der Waals surface area contributed by atoms with Gasteiger partial charge in [0.1, 0.15) is 5.69 Å². The molecule has 1 saturated carbocycles. The van der Waals surface area contributed by atoms with Gasteiger partial charge in [-0.2, -0.15) is 5.10 Å². The lowest BCUT2D eigenvalue weighted by Crippen LogP contribution is -2.31. The zero-order chi connectivity index (χ0) is 20.0. The van der Waals surface area contributed by atoms with E-state index in [2.05, 4.69) is 27.1 Å². The van der Waals surface area contributed by atoms with Crippen molar-refractivity contribution < 1.29 is 14.3 Å². The second-order valence-electron chi connectivity index (χ2n) is 8.00. The van der Waals surface area contributed by atoms with Gasteiger partial charge in [0, 0.05) is 43.2 Å². The van der Waals surface area contributed by atoms with Gasteiger partial charge in [0.05, 0.1) is 19.8 Å². The number of rotatable bonds is 5. The highest BCUT2D eigenvalue weighted by molar-refractivity contribution is 5.98. The number of fused-ring (bicyclic) bond motifs is 2. The van der Waals surface area contributed by atoms with E-state index >= 15 is 0 Å². The lowest BCUT2D eigenvalue weighted by Gasteiger charge is -2.21. The Kier molecular flexibility index (Phi) is 4.50. The summed E-state index contributed by atoms with van der Waals surface area (Å²) in [7, 11) is 1.56. The van der Waals surface area contributed by atoms with Gasteiger partial charge in [0.25, 0.3) is 11.8 Å². The molecule has 152 valence electrons. The van der Waals surface area contributed by atoms with Crippen LogP contribution in [-0.2, 0) is 17.7 Å². The number of benzene rings is 1. The van der Waals surface area contributed by atoms with Gasteiger partial charge in [-0.3, -0.25) is 14.3 Å². The molecule has 0 bridgehead atoms. The summed E-state index contributed by atoms with van der Waals surface area (Å²) in [6.45, 7) is 2.78. The number of aromatic nitrogens is 2. The molecule has 0 radical (unpaired) electrons. The normalized spacial score (nSPS) is 24.2. The minimum absolute atomic E-state index is 0.161. The smallest absolute Gasteiger partial charge is 0.271 e. The van der Waals surface area contributed by atoms with Crippen LogP contribution in [0.2, 0.25) is 0 Å². The van der Waals surface area contributed by atoms with Crippen LogP contribution in [0.1, 0.15) is 38.5 Å². The van der Waals surface area contributed by atoms with Gasteiger partial charge in [0.15, 0.2) is 5.69 Å². The molecule has 1 aromatic heterocycles. The van der Waals surface area contributed by atoms with E-state index in [1.54, 1.807) is 17.8 Å². The van der Waals surface area contributed by atoms with Crippen molar-refractivity contribution in [3.05, 3.63) is 46.8 Å². The fraction of sp³-hybridized carbons (Fsp3) is 0.476. The van der Waals surface area contributed by atoms with Crippen LogP contribution in [-0.4, -0.2) is 54.4 Å². The maximum absolute atomic E-state index is 13.0. The average Bonchev–Trinajstić information content (AvgIpc) is 3.11. The molecule has 3 aliphatic rings. The fourth-order valence-corrected chi connectivity index (χ4v) is 4.51. The van der Waals surface area contributed by atoms with Crippen molar-refractivity contribution in [1.29, 1.82) is 0 Å². The maximum atomic E-state index is 13.0. The number of nitrogens with zero attached hydrogens (tertiary/aromatic N) is 2. The lowest BCUT2D eigenvalue weighted by molar-refractivity contribution is 0.0917. The van der Waals surface area contributed by atoms with Crippen LogP contribution >= 0.6 is 0 Å². The third kappa shape index (κ3) is 3.27. The molecule has 3 atom stereocenters. The predicted octanol–water partition coefficient (Wildman–Crippen LogP) is 1.02. The van der Waals surface area contributed by atoms with E-state index < -0.39 is 0 Å². The summed E-state index contributed by atoms with van der Waals surface area (Å²) in [6, 6.07) is 7.95. The first-order valence-electron chi connectivity index (χ1n) is 10.2. The van der Waals surface area contributed by atoms with Crippen LogP contribution in [0.25, 0.3) is 0 Å². The van der Waals surface area contributed by atoms with Gasteiger partial charge < -0.3 is 20.7 Å². The summed E-state index contributed by atoms with van der Waals surface area (Å²) < 4.78 is 7.04. The summed E-state index contributed by atoms with van der Waals surface area (Å²) in [5.74, 6) is 0.339. The minimum atomic E-state index is -0.303. The van der Waals surface area contributed by atoms with E-state index in [-0.39, 0.29) is 23.6 Å². The molecule has 1 aliphatic carbocycles. The van der Waals surface area contributed by atoms with Crippen molar-refractivity contribution >= 4 is 17.5 Å². The SMILES string of the molecule is CNC(=O)c1cc(C(=O)N[C@H]2[C@@H]3COC[C@@H]32)n(Cc2cccc3c2NCCC3)n1. The Balaban J connectivity index is 1.43. The standard InChI is InChI=1S/C21H25N5O3/c1-22-20(27)16-8-17(21(28)24-19-14-10-29-11-15(14)19)26(25-16)9-13-5-2-4-12-6-3-7-23-18(12)13/h2,4-5,8,14-15,19,23H,3,6-7,9-11H2,1H3,(H,22,27)(H,24,28)/t14-,15+,19+. The molecule has 2 fully saturated rings. The number of aryl methyl sites for hydroxylation is 1. The van der Waals surface area contributed by atoms with Gasteiger partial charge in [-0.1, -0.05) is 18.2 Å². The molecule has 2 amide bonds. The van der Waals surface area contributed by atoms with Crippen molar-refractivity contribution in [2.75, 3.05) is 32.1 Å². The molecule has 2 aromatic rings. The zero-order valence-electron chi connectivity index (χ0n) is 16.4. The van der Waals surface area contributed by atoms with Crippen molar-refractivity contribution in [2.45, 2.75) is 25.4 Å². The van der Waals surface area contributed by atoms with Crippen LogP contribution in [0, 0.1) is 11.8 Å². The summed E-state index contributed by atoms with van der Waals surface area (Å²) in [5, 5.41) is 13.6. The van der Waals surface area contributed by atoms with Crippen LogP contribution in [0.4, 0.5) is 5.69 Å². The van der Waals surface area contributed by atoms with E-state index in [1.807, 2.05) is 12.1 Å². The summed E-state index contributed by atoms with van der Waals surface area (Å²) >= 11 is 0. The number of carbonyl (C=O) groups excluding carboxylic acids is 2. The van der Waals surface area contributed by atoms with E-state index in [0.717, 1.165) is 30.6 Å². The number of para-hydroxylation sites is 1. The summed E-state index contributed by atoms with van der Waals surface area (Å²) in [4.78, 5) is 25.1. The minimum Gasteiger partial charge on any atom is -0.385 e. The monoisotopic (exact) mass is 395 g/mol. The highest BCUT2D eigenvalue weighted by atomic mass is 16.5. The molecule has 8 heteroatoms. The molecule has 0 spiro atoms. The second kappa shape index (κ2) is 7.18. The third-order valence-electron chi connectivity index (χ3n) is 6.20. The first kappa shape index (κ1) is 18.2. The van der Waals surface area contributed by atoms with Crippen molar-refractivity contribution in [3.63, 3.8) is 0 Å². The van der Waals surface area contributed by atoms with Crippen LogP contribution < -0.4 is 16.0 Å². The highest BCUT2D eigenvalue weighted by Gasteiger charge is 2.55. The van der Waals surface area contributed by atoms with Crippen molar-refractivity contribution in [3.8, 4) is 0 Å². The molecule has 5 rings (SSSR count). The molecule has 2 aliphatic heterocycles. The number of ether oxygens (including phenoxy) is 1. The quantitative estimate of drug-likeness (QED) is 0.702. The zero-order valence-corrected chi connectivity index (χ0v) is 16.4. The van der Waals surface area contributed by atoms with Gasteiger partial charge in [-0.15, -0.1) is 0 Å². The number of amides is 2. The van der Waals surface area contributed by atoms with E-state index in [9.17, 15) is 9.59 Å². The van der Waals surface area contributed by atoms with Gasteiger partial charge in [0.2, 0.25) is 0 Å². The molecular weight excluding hydrogens is 370 g/mol. The Morgan fingerprint density at radius 3 is 2.90 bits per heavy atom. The Labute approximate surface area is 169 Å². The Hall–Kier alpha value is -2.87. The first-order valence-corrected chi connectivity index (χ1v) is 10.2. The highest BCUT2D eigenvalue weighted by Crippen LogP contribution is 2.44. The van der Waals surface area contributed by atoms with Crippen molar-refractivity contribution in [1.82, 2.24) is 20.4 Å². The van der Waals surface area contributed by atoms with E-state index in [1.165, 1.54) is 5.56 Å². The van der Waals surface area contributed by atoms with Crippen LogP contribution in [0.3, 0.4) is 0 Å². The van der Waals surface area contributed by atoms with E-state index in [4.69, 9.17) is 4.74 Å². The maximum Gasteiger partial charge on any atom is 0.271 e. The molecule has 0 unspecified atom stereocenters. The number of anilines is 1. The molecule has 1 aromatic carbocycles. The lowest BCUT2D eigenvalue weighted by atomic mass is 9.99. The van der Waals surface area contributed by atoms with E-state index in [0.29, 0.717) is 37.3 Å². The number of nitrogens with one attached hydrogen (secondary N) is 3. The molecule has 8 nitrogen and oxygen atoms in total. The number of hydrogen-bond donors (Lipinski definition) is 3. The van der Waals surface area contributed by atoms with Crippen LogP contribution in [0.5, 0.6) is 0 Å². The fourth-order valence-electron chi connectivity index (χ4n) is 4.51. The average molecular weight is 395 g/mol. The summed E-state index contributed by atoms with van der Waals surface area (Å²) in [6.07, 6.45) is 2.15. The van der Waals surface area contributed by atoms with Crippen LogP contribution in [0.15, 0.2) is 24.3 Å². The Morgan fingerprint density at radius 2 is 2.10 bits per heavy atom. The van der Waals surface area contributed by atoms with Gasteiger partial charge in [-0.05, 0) is 24.0 Å².